The van der Waals surface area contributed by atoms with Crippen LogP contribution in [0.25, 0.3) is 0 Å². The Morgan fingerprint density at radius 1 is 1.32 bits per heavy atom. The maximum Gasteiger partial charge on any atom is 0.309 e. The van der Waals surface area contributed by atoms with E-state index >= 15 is 0 Å². The zero-order valence-electron chi connectivity index (χ0n) is 12.8. The number of nitrogens with zero attached hydrogens (tertiary/aromatic N) is 1. The van der Waals surface area contributed by atoms with Crippen molar-refractivity contribution in [2.75, 3.05) is 26.8 Å². The van der Waals surface area contributed by atoms with Gasteiger partial charge >= 0.3 is 5.97 Å². The zero-order chi connectivity index (χ0) is 16.1. The summed E-state index contributed by atoms with van der Waals surface area (Å²) in [6, 6.07) is 5.01. The minimum Gasteiger partial charge on any atom is -0.497 e. The second kappa shape index (κ2) is 7.49. The van der Waals surface area contributed by atoms with E-state index in [-0.39, 0.29) is 17.8 Å². The molecule has 1 aliphatic heterocycles. The van der Waals surface area contributed by atoms with Gasteiger partial charge in [0.2, 0.25) is 0 Å². The first-order valence-electron chi connectivity index (χ1n) is 7.36. The summed E-state index contributed by atoms with van der Waals surface area (Å²) in [6.45, 7) is 3.25. The topological polar surface area (TPSA) is 55.8 Å². The lowest BCUT2D eigenvalue weighted by Gasteiger charge is -2.31. The number of amides is 1. The Kier molecular flexibility index (Phi) is 5.66. The fourth-order valence-corrected chi connectivity index (χ4v) is 2.80. The molecule has 1 aliphatic rings. The molecule has 0 radical (unpaired) electrons. The summed E-state index contributed by atoms with van der Waals surface area (Å²) in [5.74, 6) is 0.213. The molecule has 0 aromatic heterocycles. The van der Waals surface area contributed by atoms with E-state index < -0.39 is 0 Å². The summed E-state index contributed by atoms with van der Waals surface area (Å²) in [5, 5.41) is 0.372. The van der Waals surface area contributed by atoms with Gasteiger partial charge in [-0.05, 0) is 38.0 Å². The van der Waals surface area contributed by atoms with Crippen molar-refractivity contribution in [3.8, 4) is 5.75 Å². The molecule has 1 fully saturated rings. The Morgan fingerprint density at radius 2 is 2.00 bits per heavy atom. The highest BCUT2D eigenvalue weighted by Gasteiger charge is 2.29. The molecule has 2 rings (SSSR count). The van der Waals surface area contributed by atoms with Gasteiger partial charge in [-0.1, -0.05) is 11.6 Å². The third-order valence-corrected chi connectivity index (χ3v) is 4.12. The van der Waals surface area contributed by atoms with Crippen LogP contribution in [0.15, 0.2) is 18.2 Å². The van der Waals surface area contributed by atoms with Crippen LogP contribution < -0.4 is 4.74 Å². The van der Waals surface area contributed by atoms with Gasteiger partial charge in [-0.3, -0.25) is 9.59 Å². The maximum absolute atomic E-state index is 12.5. The number of piperidine rings is 1. The van der Waals surface area contributed by atoms with E-state index in [4.69, 9.17) is 21.1 Å². The molecule has 1 heterocycles. The van der Waals surface area contributed by atoms with Crippen molar-refractivity contribution in [3.63, 3.8) is 0 Å². The minimum atomic E-state index is -0.169. The lowest BCUT2D eigenvalue weighted by molar-refractivity contribution is -0.149. The first-order valence-corrected chi connectivity index (χ1v) is 7.74. The highest BCUT2D eigenvalue weighted by Crippen LogP contribution is 2.26. The molecule has 0 N–H and O–H groups in total. The third-order valence-electron chi connectivity index (χ3n) is 3.81. The van der Waals surface area contributed by atoms with Crippen LogP contribution in [0.5, 0.6) is 5.75 Å². The fourth-order valence-electron chi connectivity index (χ4n) is 2.54. The lowest BCUT2D eigenvalue weighted by Crippen LogP contribution is -2.40. The summed E-state index contributed by atoms with van der Waals surface area (Å²) >= 11 is 6.14. The summed E-state index contributed by atoms with van der Waals surface area (Å²) in [4.78, 5) is 25.9. The Labute approximate surface area is 135 Å². The van der Waals surface area contributed by atoms with Crippen molar-refractivity contribution in [2.45, 2.75) is 19.8 Å². The monoisotopic (exact) mass is 325 g/mol. The second-order valence-electron chi connectivity index (χ2n) is 5.16. The molecular weight excluding hydrogens is 306 g/mol. The summed E-state index contributed by atoms with van der Waals surface area (Å²) in [5.41, 5.74) is 0.456. The standard InChI is InChI=1S/C16H20ClNO4/c1-3-22-16(20)11-6-8-18(9-7-11)15(19)13-5-4-12(21-2)10-14(13)17/h4-5,10-11H,3,6-9H2,1-2H3. The van der Waals surface area contributed by atoms with Gasteiger partial charge in [0.25, 0.3) is 5.91 Å². The van der Waals surface area contributed by atoms with Crippen LogP contribution in [-0.4, -0.2) is 43.6 Å². The first kappa shape index (κ1) is 16.6. The van der Waals surface area contributed by atoms with Gasteiger partial charge < -0.3 is 14.4 Å². The molecule has 0 atom stereocenters. The van der Waals surface area contributed by atoms with Crippen molar-refractivity contribution >= 4 is 23.5 Å². The molecule has 0 unspecified atom stereocenters. The molecule has 0 saturated carbocycles. The van der Waals surface area contributed by atoms with Crippen molar-refractivity contribution in [1.82, 2.24) is 4.90 Å². The summed E-state index contributed by atoms with van der Waals surface area (Å²) in [7, 11) is 1.55. The number of carbonyl (C=O) groups excluding carboxylic acids is 2. The molecule has 22 heavy (non-hydrogen) atoms. The number of hydrogen-bond donors (Lipinski definition) is 0. The largest absolute Gasteiger partial charge is 0.497 e. The Hall–Kier alpha value is -1.75. The number of likely N-dealkylation sites (tertiary alicyclic amines) is 1. The van der Waals surface area contributed by atoms with E-state index in [0.717, 1.165) is 0 Å². The number of benzene rings is 1. The van der Waals surface area contributed by atoms with E-state index in [1.54, 1.807) is 37.1 Å². The van der Waals surface area contributed by atoms with Gasteiger partial charge in [0.1, 0.15) is 5.75 Å². The van der Waals surface area contributed by atoms with Crippen LogP contribution in [0.3, 0.4) is 0 Å². The van der Waals surface area contributed by atoms with Crippen LogP contribution in [0.2, 0.25) is 5.02 Å². The van der Waals surface area contributed by atoms with Crippen LogP contribution in [0.4, 0.5) is 0 Å². The van der Waals surface area contributed by atoms with Gasteiger partial charge in [0.05, 0.1) is 30.2 Å². The number of carbonyl (C=O) groups is 2. The molecule has 6 heteroatoms. The van der Waals surface area contributed by atoms with Crippen molar-refractivity contribution in [1.29, 1.82) is 0 Å². The number of rotatable bonds is 4. The van der Waals surface area contributed by atoms with Crippen LogP contribution in [0, 0.1) is 5.92 Å². The minimum absolute atomic E-state index is 0.115. The van der Waals surface area contributed by atoms with Crippen molar-refractivity contribution < 1.29 is 19.1 Å². The average Bonchev–Trinajstić information content (AvgIpc) is 2.54. The summed E-state index contributed by atoms with van der Waals surface area (Å²) in [6.07, 6.45) is 1.25. The molecule has 0 bridgehead atoms. The highest BCUT2D eigenvalue weighted by molar-refractivity contribution is 6.34. The van der Waals surface area contributed by atoms with E-state index in [2.05, 4.69) is 0 Å². The predicted molar refractivity (Wildman–Crippen MR) is 83.3 cm³/mol. The van der Waals surface area contributed by atoms with Gasteiger partial charge in [-0.15, -0.1) is 0 Å². The summed E-state index contributed by atoms with van der Waals surface area (Å²) < 4.78 is 10.1. The number of methoxy groups -OCH3 is 1. The number of esters is 1. The quantitative estimate of drug-likeness (QED) is 0.799. The molecule has 1 aromatic carbocycles. The van der Waals surface area contributed by atoms with Gasteiger partial charge in [0.15, 0.2) is 0 Å². The third kappa shape index (κ3) is 3.71. The van der Waals surface area contributed by atoms with E-state index in [1.165, 1.54) is 0 Å². The number of halogens is 1. The van der Waals surface area contributed by atoms with E-state index in [1.807, 2.05) is 0 Å². The van der Waals surface area contributed by atoms with E-state index in [0.29, 0.717) is 48.9 Å². The zero-order valence-corrected chi connectivity index (χ0v) is 13.6. The van der Waals surface area contributed by atoms with Crippen LogP contribution in [-0.2, 0) is 9.53 Å². The molecule has 0 aliphatic carbocycles. The second-order valence-corrected chi connectivity index (χ2v) is 5.57. The SMILES string of the molecule is CCOC(=O)C1CCN(C(=O)c2ccc(OC)cc2Cl)CC1. The average molecular weight is 326 g/mol. The molecule has 120 valence electrons. The Balaban J connectivity index is 1.99. The predicted octanol–water partition coefficient (Wildman–Crippen LogP) is 2.76. The Bertz CT molecular complexity index is 553. The maximum atomic E-state index is 12.5. The number of hydrogen-bond acceptors (Lipinski definition) is 4. The first-order chi connectivity index (χ1) is 10.6. The van der Waals surface area contributed by atoms with Crippen LogP contribution in [0.1, 0.15) is 30.1 Å². The molecular formula is C16H20ClNO4. The molecule has 1 aromatic rings. The normalized spacial score (nSPS) is 15.5. The molecule has 0 spiro atoms. The van der Waals surface area contributed by atoms with Gasteiger partial charge in [-0.2, -0.15) is 0 Å². The van der Waals surface area contributed by atoms with Crippen molar-refractivity contribution in [2.24, 2.45) is 5.92 Å². The van der Waals surface area contributed by atoms with Gasteiger partial charge in [0, 0.05) is 13.1 Å². The number of ether oxygens (including phenoxy) is 2. The smallest absolute Gasteiger partial charge is 0.309 e. The van der Waals surface area contributed by atoms with Gasteiger partial charge in [-0.25, -0.2) is 0 Å². The van der Waals surface area contributed by atoms with Crippen LogP contribution >= 0.6 is 11.6 Å². The van der Waals surface area contributed by atoms with E-state index in [9.17, 15) is 9.59 Å². The lowest BCUT2D eigenvalue weighted by atomic mass is 9.96. The fraction of sp³-hybridized carbons (Fsp3) is 0.500. The highest BCUT2D eigenvalue weighted by atomic mass is 35.5. The Morgan fingerprint density at radius 3 is 2.55 bits per heavy atom. The molecule has 1 amide bonds. The van der Waals surface area contributed by atoms with Crippen molar-refractivity contribution in [3.05, 3.63) is 28.8 Å². The molecule has 1 saturated heterocycles. The molecule has 5 nitrogen and oxygen atoms in total.